The number of hydrogen-bond acceptors (Lipinski definition) is 5. The van der Waals surface area contributed by atoms with E-state index in [0.29, 0.717) is 5.56 Å². The van der Waals surface area contributed by atoms with Crippen LogP contribution >= 0.6 is 62.6 Å². The highest BCUT2D eigenvalue weighted by atomic mass is 79.9. The summed E-state index contributed by atoms with van der Waals surface area (Å²) in [5, 5.41) is 0. The number of hydrogen-bond donors (Lipinski definition) is 0. The highest BCUT2D eigenvalue weighted by molar-refractivity contribution is 9.10. The molecule has 0 aliphatic rings. The fourth-order valence-corrected chi connectivity index (χ4v) is 5.30. The SMILES string of the molecule is CSc1sc(=S)sc1C(=O)c1ccc(Br)cc1. The largest absolute Gasteiger partial charge is 0.288 e. The van der Waals surface area contributed by atoms with E-state index < -0.39 is 0 Å². The summed E-state index contributed by atoms with van der Waals surface area (Å²) in [7, 11) is 0. The van der Waals surface area contributed by atoms with Crippen LogP contribution < -0.4 is 0 Å². The zero-order chi connectivity index (χ0) is 12.4. The minimum atomic E-state index is 0.0548. The maximum absolute atomic E-state index is 12.3. The van der Waals surface area contributed by atoms with Crippen LogP contribution in [0.15, 0.2) is 32.9 Å². The van der Waals surface area contributed by atoms with Crippen molar-refractivity contribution in [2.24, 2.45) is 0 Å². The molecule has 0 unspecified atom stereocenters. The molecule has 2 aromatic rings. The van der Waals surface area contributed by atoms with Gasteiger partial charge in [0.05, 0.1) is 4.21 Å². The maximum atomic E-state index is 12.3. The summed E-state index contributed by atoms with van der Waals surface area (Å²) in [5.41, 5.74) is 0.701. The zero-order valence-corrected chi connectivity index (χ0v) is 13.6. The van der Waals surface area contributed by atoms with Crippen molar-refractivity contribution in [2.45, 2.75) is 4.21 Å². The molecule has 0 spiro atoms. The van der Waals surface area contributed by atoms with Crippen LogP contribution in [0.4, 0.5) is 0 Å². The molecule has 1 aromatic heterocycles. The van der Waals surface area contributed by atoms with Gasteiger partial charge in [0.25, 0.3) is 0 Å². The average molecular weight is 363 g/mol. The summed E-state index contributed by atoms with van der Waals surface area (Å²) in [6, 6.07) is 7.39. The Morgan fingerprint density at radius 3 is 2.53 bits per heavy atom. The van der Waals surface area contributed by atoms with E-state index in [1.54, 1.807) is 11.8 Å². The van der Waals surface area contributed by atoms with Crippen molar-refractivity contribution in [1.82, 2.24) is 0 Å². The van der Waals surface area contributed by atoms with E-state index in [4.69, 9.17) is 12.2 Å². The van der Waals surface area contributed by atoms with Gasteiger partial charge in [-0.15, -0.1) is 34.4 Å². The van der Waals surface area contributed by atoms with Gasteiger partial charge in [0.1, 0.15) is 8.01 Å². The first-order valence-corrected chi connectivity index (χ1v) is 8.66. The Hall–Kier alpha value is -0.0100. The van der Waals surface area contributed by atoms with Crippen LogP contribution in [-0.2, 0) is 0 Å². The van der Waals surface area contributed by atoms with Crippen LogP contribution in [0.1, 0.15) is 15.2 Å². The lowest BCUT2D eigenvalue weighted by Crippen LogP contribution is -1.99. The van der Waals surface area contributed by atoms with Crippen molar-refractivity contribution in [3.05, 3.63) is 42.3 Å². The van der Waals surface area contributed by atoms with Crippen LogP contribution in [0.2, 0.25) is 0 Å². The second kappa shape index (κ2) is 5.75. The minimum absolute atomic E-state index is 0.0548. The fraction of sp³-hybridized carbons (Fsp3) is 0.0909. The Kier molecular flexibility index (Phi) is 4.54. The van der Waals surface area contributed by atoms with Gasteiger partial charge in [-0.3, -0.25) is 4.79 Å². The molecule has 17 heavy (non-hydrogen) atoms. The van der Waals surface area contributed by atoms with E-state index in [1.165, 1.54) is 22.7 Å². The number of thioether (sulfide) groups is 1. The smallest absolute Gasteiger partial charge is 0.205 e. The standard InChI is InChI=1S/C11H7BrOS4/c1-15-10-9(16-11(14)17-10)8(13)6-2-4-7(12)5-3-6/h2-5H,1H3. The minimum Gasteiger partial charge on any atom is -0.288 e. The van der Waals surface area contributed by atoms with Gasteiger partial charge in [-0.1, -0.05) is 28.1 Å². The molecule has 0 bridgehead atoms. The summed E-state index contributed by atoms with van der Waals surface area (Å²) in [4.78, 5) is 13.1. The highest BCUT2D eigenvalue weighted by Gasteiger charge is 2.16. The van der Waals surface area contributed by atoms with Crippen LogP contribution in [0.3, 0.4) is 0 Å². The lowest BCUT2D eigenvalue weighted by atomic mass is 10.1. The van der Waals surface area contributed by atoms with Crippen LogP contribution in [0.5, 0.6) is 0 Å². The van der Waals surface area contributed by atoms with Crippen molar-refractivity contribution in [3.63, 3.8) is 0 Å². The number of carbonyl (C=O) groups is 1. The number of carbonyl (C=O) groups excluding carboxylic acids is 1. The molecule has 0 saturated heterocycles. The predicted octanol–water partition coefficient (Wildman–Crippen LogP) is 5.25. The zero-order valence-electron chi connectivity index (χ0n) is 8.73. The highest BCUT2D eigenvalue weighted by Crippen LogP contribution is 2.34. The van der Waals surface area contributed by atoms with E-state index in [0.717, 1.165) is 16.7 Å². The van der Waals surface area contributed by atoms with Gasteiger partial charge in [-0.2, -0.15) is 0 Å². The van der Waals surface area contributed by atoms with Crippen LogP contribution in [-0.4, -0.2) is 12.0 Å². The van der Waals surface area contributed by atoms with E-state index in [9.17, 15) is 4.79 Å². The lowest BCUT2D eigenvalue weighted by Gasteiger charge is -2.00. The molecule has 6 heteroatoms. The molecule has 1 nitrogen and oxygen atoms in total. The first-order chi connectivity index (χ1) is 8.11. The van der Waals surface area contributed by atoms with Gasteiger partial charge in [0.15, 0.2) is 0 Å². The Morgan fingerprint density at radius 1 is 1.29 bits per heavy atom. The molecule has 0 atom stereocenters. The normalized spacial score (nSPS) is 10.5. The van der Waals surface area contributed by atoms with Gasteiger partial charge in [-0.25, -0.2) is 0 Å². The molecule has 1 aromatic carbocycles. The summed E-state index contributed by atoms with van der Waals surface area (Å²) >= 11 is 13.0. The number of rotatable bonds is 3. The molecule has 0 aliphatic carbocycles. The summed E-state index contributed by atoms with van der Waals surface area (Å²) in [6.45, 7) is 0. The third-order valence-corrected chi connectivity index (χ3v) is 6.47. The molecule has 0 amide bonds. The number of ketones is 1. The second-order valence-electron chi connectivity index (χ2n) is 3.11. The van der Waals surface area contributed by atoms with Crippen molar-refractivity contribution >= 4 is 68.4 Å². The van der Waals surface area contributed by atoms with Gasteiger partial charge >= 0.3 is 0 Å². The molecule has 0 radical (unpaired) electrons. The van der Waals surface area contributed by atoms with E-state index >= 15 is 0 Å². The Bertz CT molecular complexity index is 597. The molecule has 1 heterocycles. The van der Waals surface area contributed by atoms with Gasteiger partial charge < -0.3 is 0 Å². The molecule has 2 rings (SSSR count). The number of halogens is 1. The Labute approximate surface area is 125 Å². The Morgan fingerprint density at radius 2 is 1.94 bits per heavy atom. The average Bonchev–Trinajstić information content (AvgIpc) is 2.70. The third-order valence-electron chi connectivity index (χ3n) is 2.04. The quantitative estimate of drug-likeness (QED) is 0.421. The Balaban J connectivity index is 2.43. The maximum Gasteiger partial charge on any atom is 0.205 e. The lowest BCUT2D eigenvalue weighted by molar-refractivity contribution is 0.104. The van der Waals surface area contributed by atoms with E-state index in [-0.39, 0.29) is 5.78 Å². The second-order valence-corrected chi connectivity index (χ2v) is 8.33. The van der Waals surface area contributed by atoms with Crippen LogP contribution in [0, 0.1) is 3.14 Å². The topological polar surface area (TPSA) is 17.1 Å². The molecule has 0 fully saturated rings. The molecule has 0 saturated carbocycles. The first-order valence-electron chi connectivity index (χ1n) is 4.60. The summed E-state index contributed by atoms with van der Waals surface area (Å²) in [6.07, 6.45) is 1.96. The van der Waals surface area contributed by atoms with Crippen molar-refractivity contribution in [3.8, 4) is 0 Å². The fourth-order valence-electron chi connectivity index (χ4n) is 1.27. The summed E-state index contributed by atoms with van der Waals surface area (Å²) < 4.78 is 2.78. The first kappa shape index (κ1) is 13.4. The molecule has 0 N–H and O–H groups in total. The van der Waals surface area contributed by atoms with Gasteiger partial charge in [0.2, 0.25) is 5.78 Å². The molecular formula is C11H7BrOS4. The molecule has 0 aliphatic heterocycles. The molecule has 88 valence electrons. The monoisotopic (exact) mass is 362 g/mol. The number of benzene rings is 1. The van der Waals surface area contributed by atoms with Gasteiger partial charge in [-0.05, 0) is 30.5 Å². The summed E-state index contributed by atoms with van der Waals surface area (Å²) in [5.74, 6) is 0.0548. The third kappa shape index (κ3) is 3.06. The van der Waals surface area contributed by atoms with Crippen molar-refractivity contribution in [2.75, 3.05) is 6.26 Å². The van der Waals surface area contributed by atoms with E-state index in [1.807, 2.05) is 30.5 Å². The van der Waals surface area contributed by atoms with Crippen LogP contribution in [0.25, 0.3) is 0 Å². The van der Waals surface area contributed by atoms with Gasteiger partial charge in [0, 0.05) is 10.0 Å². The van der Waals surface area contributed by atoms with E-state index in [2.05, 4.69) is 15.9 Å². The predicted molar refractivity (Wildman–Crippen MR) is 82.4 cm³/mol. The van der Waals surface area contributed by atoms with Crippen molar-refractivity contribution in [1.29, 1.82) is 0 Å². The van der Waals surface area contributed by atoms with Crippen molar-refractivity contribution < 1.29 is 4.79 Å². The molecular weight excluding hydrogens is 356 g/mol.